The average molecular weight is 172 g/mol. The molecule has 0 atom stereocenters. The second-order valence-corrected chi connectivity index (χ2v) is 2.62. The lowest BCUT2D eigenvalue weighted by Crippen LogP contribution is -1.96. The summed E-state index contributed by atoms with van der Waals surface area (Å²) < 4.78 is 0. The third-order valence-electron chi connectivity index (χ3n) is 1.18. The number of unbranched alkanes of at least 4 members (excludes halogenated alkanes) is 1. The predicted molar refractivity (Wildman–Crippen MR) is 46.4 cm³/mol. The van der Waals surface area contributed by atoms with Crippen molar-refractivity contribution in [2.45, 2.75) is 33.6 Å². The Labute approximate surface area is 73.3 Å². The Hall–Kier alpha value is -0.830. The van der Waals surface area contributed by atoms with E-state index < -0.39 is 0 Å². The third kappa shape index (κ3) is 7.28. The molecule has 0 aliphatic carbocycles. The average Bonchev–Trinajstić information content (AvgIpc) is 1.97. The van der Waals surface area contributed by atoms with Gasteiger partial charge in [0, 0.05) is 6.08 Å². The fourth-order valence-corrected chi connectivity index (χ4v) is 0.648. The maximum Gasteiger partial charge on any atom is 0.156 e. The lowest BCUT2D eigenvalue weighted by atomic mass is 10.4. The quantitative estimate of drug-likeness (QED) is 0.202. The van der Waals surface area contributed by atoms with Crippen LogP contribution in [0, 0.1) is 0 Å². The molecule has 0 amide bonds. The number of ketones is 1. The van der Waals surface area contributed by atoms with Crippen LogP contribution in [0.2, 0.25) is 0 Å². The summed E-state index contributed by atoms with van der Waals surface area (Å²) in [5.41, 5.74) is 0. The summed E-state index contributed by atoms with van der Waals surface area (Å²) in [5.74, 6) is 0.463. The highest BCUT2D eigenvalue weighted by molar-refractivity contribution is 5.87. The van der Waals surface area contributed by atoms with Gasteiger partial charge in [-0.15, -0.1) is 0 Å². The van der Waals surface area contributed by atoms with E-state index in [4.69, 9.17) is 9.78 Å². The van der Waals surface area contributed by atoms with Gasteiger partial charge in [0.05, 0.1) is 6.61 Å². The first-order chi connectivity index (χ1) is 5.66. The van der Waals surface area contributed by atoms with Crippen molar-refractivity contribution in [2.24, 2.45) is 0 Å². The number of hydrogen-bond acceptors (Lipinski definition) is 3. The molecule has 3 nitrogen and oxygen atoms in total. The summed E-state index contributed by atoms with van der Waals surface area (Å²) in [4.78, 5) is 20.1. The number of rotatable bonds is 6. The molecular formula is C9H16O3. The van der Waals surface area contributed by atoms with Crippen molar-refractivity contribution < 1.29 is 14.6 Å². The van der Waals surface area contributed by atoms with Gasteiger partial charge < -0.3 is 4.89 Å². The van der Waals surface area contributed by atoms with E-state index in [1.807, 2.05) is 0 Å². The smallest absolute Gasteiger partial charge is 0.156 e. The van der Waals surface area contributed by atoms with Crippen LogP contribution in [0.1, 0.15) is 33.6 Å². The van der Waals surface area contributed by atoms with E-state index in [0.717, 1.165) is 12.8 Å². The van der Waals surface area contributed by atoms with E-state index in [2.05, 4.69) is 6.92 Å². The van der Waals surface area contributed by atoms with Crippen molar-refractivity contribution in [3.05, 3.63) is 11.8 Å². The first-order valence-corrected chi connectivity index (χ1v) is 4.15. The van der Waals surface area contributed by atoms with Gasteiger partial charge in [-0.1, -0.05) is 13.3 Å². The minimum atomic E-state index is -0.0356. The third-order valence-corrected chi connectivity index (χ3v) is 1.18. The molecular weight excluding hydrogens is 156 g/mol. The lowest BCUT2D eigenvalue weighted by Gasteiger charge is -2.02. The molecule has 0 spiro atoms. The number of carbonyl (C=O) groups is 1. The second-order valence-electron chi connectivity index (χ2n) is 2.62. The Morgan fingerprint density at radius 3 is 2.58 bits per heavy atom. The molecule has 0 aliphatic heterocycles. The summed E-state index contributed by atoms with van der Waals surface area (Å²) in [5, 5.41) is 0. The van der Waals surface area contributed by atoms with E-state index in [0.29, 0.717) is 12.4 Å². The Bertz CT molecular complexity index is 161. The molecule has 0 rings (SSSR count). The summed E-state index contributed by atoms with van der Waals surface area (Å²) in [6.45, 7) is 5.80. The molecule has 0 radical (unpaired) electrons. The van der Waals surface area contributed by atoms with Gasteiger partial charge >= 0.3 is 0 Å². The molecule has 0 unspecified atom stereocenters. The van der Waals surface area contributed by atoms with Crippen molar-refractivity contribution in [3.63, 3.8) is 0 Å². The molecule has 0 N–H and O–H groups in total. The predicted octanol–water partition coefficient (Wildman–Crippen LogP) is 2.23. The normalized spacial score (nSPS) is 11.4. The van der Waals surface area contributed by atoms with Crippen LogP contribution >= 0.6 is 0 Å². The van der Waals surface area contributed by atoms with Crippen LogP contribution in [0.5, 0.6) is 0 Å². The number of carbonyl (C=O) groups excluding carboxylic acids is 1. The largest absolute Gasteiger partial charge is 0.342 e. The topological polar surface area (TPSA) is 35.5 Å². The van der Waals surface area contributed by atoms with E-state index in [1.54, 1.807) is 6.92 Å². The van der Waals surface area contributed by atoms with E-state index in [9.17, 15) is 4.79 Å². The van der Waals surface area contributed by atoms with Crippen molar-refractivity contribution >= 4 is 5.78 Å². The molecule has 3 heteroatoms. The molecule has 0 bridgehead atoms. The van der Waals surface area contributed by atoms with Gasteiger partial charge in [0.25, 0.3) is 0 Å². The minimum absolute atomic E-state index is 0.0356. The SMILES string of the molecule is CCCCOO/C(C)=C\C(C)=O. The Balaban J connectivity index is 3.43. The molecule has 0 aliphatic rings. The van der Waals surface area contributed by atoms with Crippen LogP contribution in [-0.2, 0) is 14.6 Å². The Kier molecular flexibility index (Phi) is 6.38. The van der Waals surface area contributed by atoms with Crippen LogP contribution in [0.15, 0.2) is 11.8 Å². The standard InChI is InChI=1S/C9H16O3/c1-4-5-6-11-12-9(3)7-8(2)10/h7H,4-6H2,1-3H3/b9-7-. The minimum Gasteiger partial charge on any atom is -0.342 e. The van der Waals surface area contributed by atoms with Gasteiger partial charge in [-0.3, -0.25) is 4.79 Å². The first kappa shape index (κ1) is 11.2. The van der Waals surface area contributed by atoms with Gasteiger partial charge in [0.2, 0.25) is 0 Å². The monoisotopic (exact) mass is 172 g/mol. The van der Waals surface area contributed by atoms with E-state index in [-0.39, 0.29) is 5.78 Å². The molecule has 0 aromatic heterocycles. The summed E-state index contributed by atoms with van der Waals surface area (Å²) in [6.07, 6.45) is 3.43. The fourth-order valence-electron chi connectivity index (χ4n) is 0.648. The van der Waals surface area contributed by atoms with Gasteiger partial charge in [0.1, 0.15) is 5.76 Å². The first-order valence-electron chi connectivity index (χ1n) is 4.15. The van der Waals surface area contributed by atoms with Gasteiger partial charge in [-0.2, -0.15) is 4.89 Å². The summed E-state index contributed by atoms with van der Waals surface area (Å²) >= 11 is 0. The molecule has 12 heavy (non-hydrogen) atoms. The Morgan fingerprint density at radius 1 is 1.42 bits per heavy atom. The second kappa shape index (κ2) is 6.85. The zero-order chi connectivity index (χ0) is 9.40. The number of hydrogen-bond donors (Lipinski definition) is 0. The van der Waals surface area contributed by atoms with Crippen LogP contribution in [0.4, 0.5) is 0 Å². The molecule has 0 saturated heterocycles. The molecule has 0 heterocycles. The van der Waals surface area contributed by atoms with Crippen molar-refractivity contribution in [1.82, 2.24) is 0 Å². The van der Waals surface area contributed by atoms with Crippen LogP contribution in [0.3, 0.4) is 0 Å². The molecule has 0 fully saturated rings. The maximum absolute atomic E-state index is 10.5. The fraction of sp³-hybridized carbons (Fsp3) is 0.667. The van der Waals surface area contributed by atoms with Crippen LogP contribution < -0.4 is 0 Å². The molecule has 0 aromatic carbocycles. The van der Waals surface area contributed by atoms with Crippen molar-refractivity contribution in [1.29, 1.82) is 0 Å². The molecule has 70 valence electrons. The maximum atomic E-state index is 10.5. The van der Waals surface area contributed by atoms with Gasteiger partial charge in [0.15, 0.2) is 5.78 Å². The van der Waals surface area contributed by atoms with E-state index >= 15 is 0 Å². The number of allylic oxidation sites excluding steroid dienone is 2. The Morgan fingerprint density at radius 2 is 2.08 bits per heavy atom. The zero-order valence-corrected chi connectivity index (χ0v) is 7.92. The zero-order valence-electron chi connectivity index (χ0n) is 7.92. The van der Waals surface area contributed by atoms with Crippen molar-refractivity contribution in [3.8, 4) is 0 Å². The molecule has 0 aromatic rings. The summed E-state index contributed by atoms with van der Waals surface area (Å²) in [7, 11) is 0. The lowest BCUT2D eigenvalue weighted by molar-refractivity contribution is -0.261. The highest BCUT2D eigenvalue weighted by atomic mass is 17.2. The van der Waals surface area contributed by atoms with Gasteiger partial charge in [-0.25, -0.2) is 0 Å². The molecule has 0 saturated carbocycles. The summed E-state index contributed by atoms with van der Waals surface area (Å²) in [6, 6.07) is 0. The van der Waals surface area contributed by atoms with Crippen LogP contribution in [0.25, 0.3) is 0 Å². The van der Waals surface area contributed by atoms with Gasteiger partial charge in [-0.05, 0) is 20.3 Å². The highest BCUT2D eigenvalue weighted by Gasteiger charge is 1.93. The highest BCUT2D eigenvalue weighted by Crippen LogP contribution is 1.98. The van der Waals surface area contributed by atoms with Crippen molar-refractivity contribution in [2.75, 3.05) is 6.61 Å². The van der Waals surface area contributed by atoms with Crippen LogP contribution in [-0.4, -0.2) is 12.4 Å². The van der Waals surface area contributed by atoms with E-state index in [1.165, 1.54) is 13.0 Å².